The van der Waals surface area contributed by atoms with E-state index in [1.165, 1.54) is 11.3 Å². The first kappa shape index (κ1) is 18.0. The number of hydrogen-bond donors (Lipinski definition) is 1. The van der Waals surface area contributed by atoms with Crippen LogP contribution in [0.15, 0.2) is 18.2 Å². The van der Waals surface area contributed by atoms with Crippen molar-refractivity contribution in [3.8, 4) is 0 Å². The van der Waals surface area contributed by atoms with Crippen LogP contribution in [0.2, 0.25) is 10.0 Å². The highest BCUT2D eigenvalue weighted by Gasteiger charge is 2.32. The van der Waals surface area contributed by atoms with Crippen LogP contribution in [0.3, 0.4) is 0 Å². The van der Waals surface area contributed by atoms with Crippen molar-refractivity contribution in [2.75, 3.05) is 26.2 Å². The van der Waals surface area contributed by atoms with Gasteiger partial charge in [-0.15, -0.1) is 0 Å². The van der Waals surface area contributed by atoms with E-state index in [2.05, 4.69) is 11.8 Å². The molecule has 2 fully saturated rings. The molecule has 2 aliphatic rings. The second-order valence-electron chi connectivity index (χ2n) is 7.45. The maximum atomic E-state index is 12.7. The molecule has 2 aliphatic heterocycles. The van der Waals surface area contributed by atoms with Gasteiger partial charge in [0, 0.05) is 37.4 Å². The summed E-state index contributed by atoms with van der Waals surface area (Å²) in [6, 6.07) is 5.83. The maximum Gasteiger partial charge on any atom is 0.226 e. The van der Waals surface area contributed by atoms with Gasteiger partial charge in [-0.25, -0.2) is 0 Å². The van der Waals surface area contributed by atoms with E-state index in [4.69, 9.17) is 23.2 Å². The van der Waals surface area contributed by atoms with Gasteiger partial charge in [0.1, 0.15) is 6.54 Å². The van der Waals surface area contributed by atoms with Crippen molar-refractivity contribution >= 4 is 29.1 Å². The summed E-state index contributed by atoms with van der Waals surface area (Å²) in [5, 5.41) is 1.30. The summed E-state index contributed by atoms with van der Waals surface area (Å²) < 4.78 is 0. The standard InChI is InChI=1S/C19H26Cl2N2O/c1-14-4-3-9-23(12-14)19(24)15-7-10-22(11-8-15)13-16-5-2-6-17(20)18(16)21/h2,5-6,14-15H,3-4,7-13H2,1H3/p+1/t14-/m1/s1. The molecule has 1 atom stereocenters. The SMILES string of the molecule is C[C@@H]1CCCN(C(=O)C2CC[NH+](Cc3cccc(Cl)c3Cl)CC2)C1. The molecule has 0 aliphatic carbocycles. The van der Waals surface area contributed by atoms with Crippen molar-refractivity contribution < 1.29 is 9.69 Å². The number of carbonyl (C=O) groups is 1. The number of likely N-dealkylation sites (tertiary alicyclic amines) is 2. The summed E-state index contributed by atoms with van der Waals surface area (Å²) >= 11 is 12.4. The average molecular weight is 370 g/mol. The molecular formula is C19H27Cl2N2O+. The van der Waals surface area contributed by atoms with Gasteiger partial charge in [0.2, 0.25) is 5.91 Å². The van der Waals surface area contributed by atoms with Crippen molar-refractivity contribution in [2.45, 2.75) is 39.2 Å². The minimum absolute atomic E-state index is 0.217. The second-order valence-corrected chi connectivity index (χ2v) is 8.23. The zero-order chi connectivity index (χ0) is 17.1. The summed E-state index contributed by atoms with van der Waals surface area (Å²) in [6.45, 7) is 7.10. The van der Waals surface area contributed by atoms with E-state index in [0.29, 0.717) is 21.9 Å². The Balaban J connectivity index is 1.52. The molecule has 0 bridgehead atoms. The fourth-order valence-electron chi connectivity index (χ4n) is 4.05. The predicted molar refractivity (Wildman–Crippen MR) is 98.6 cm³/mol. The maximum absolute atomic E-state index is 12.7. The van der Waals surface area contributed by atoms with Crippen LogP contribution >= 0.6 is 23.2 Å². The molecule has 0 aromatic heterocycles. The van der Waals surface area contributed by atoms with Crippen molar-refractivity contribution in [2.24, 2.45) is 11.8 Å². The Hall–Kier alpha value is -0.770. The number of benzene rings is 1. The van der Waals surface area contributed by atoms with Crippen LogP contribution in [0.5, 0.6) is 0 Å². The fraction of sp³-hybridized carbons (Fsp3) is 0.632. The highest BCUT2D eigenvalue weighted by molar-refractivity contribution is 6.42. The van der Waals surface area contributed by atoms with Gasteiger partial charge in [0.15, 0.2) is 0 Å². The fourth-order valence-corrected chi connectivity index (χ4v) is 4.44. The zero-order valence-corrected chi connectivity index (χ0v) is 15.9. The van der Waals surface area contributed by atoms with E-state index in [9.17, 15) is 4.79 Å². The zero-order valence-electron chi connectivity index (χ0n) is 14.4. The summed E-state index contributed by atoms with van der Waals surface area (Å²) in [5.41, 5.74) is 1.11. The average Bonchev–Trinajstić information content (AvgIpc) is 2.59. The molecule has 0 unspecified atom stereocenters. The summed E-state index contributed by atoms with van der Waals surface area (Å²) in [6.07, 6.45) is 4.38. The Morgan fingerprint density at radius 2 is 2.00 bits per heavy atom. The largest absolute Gasteiger partial charge is 0.342 e. The molecule has 2 heterocycles. The lowest BCUT2D eigenvalue weighted by Gasteiger charge is -2.36. The topological polar surface area (TPSA) is 24.8 Å². The Morgan fingerprint density at radius 3 is 2.71 bits per heavy atom. The molecule has 3 rings (SSSR count). The molecule has 5 heteroatoms. The number of piperidine rings is 2. The van der Waals surface area contributed by atoms with Gasteiger partial charge in [-0.05, 0) is 24.8 Å². The lowest BCUT2D eigenvalue weighted by molar-refractivity contribution is -0.919. The molecule has 3 nitrogen and oxygen atoms in total. The quantitative estimate of drug-likeness (QED) is 0.869. The van der Waals surface area contributed by atoms with Gasteiger partial charge in [-0.1, -0.05) is 42.3 Å². The minimum Gasteiger partial charge on any atom is -0.342 e. The van der Waals surface area contributed by atoms with Gasteiger partial charge in [-0.2, -0.15) is 0 Å². The van der Waals surface area contributed by atoms with E-state index in [0.717, 1.165) is 57.5 Å². The second kappa shape index (κ2) is 8.07. The number of hydrogen-bond acceptors (Lipinski definition) is 1. The number of carbonyl (C=O) groups excluding carboxylic acids is 1. The van der Waals surface area contributed by atoms with Crippen LogP contribution in [0.1, 0.15) is 38.2 Å². The van der Waals surface area contributed by atoms with E-state index in [1.54, 1.807) is 0 Å². The van der Waals surface area contributed by atoms with Crippen molar-refractivity contribution in [3.05, 3.63) is 33.8 Å². The van der Waals surface area contributed by atoms with Gasteiger partial charge in [0.25, 0.3) is 0 Å². The van der Waals surface area contributed by atoms with Crippen LogP contribution in [0, 0.1) is 11.8 Å². The van der Waals surface area contributed by atoms with Gasteiger partial charge in [0.05, 0.1) is 23.1 Å². The Morgan fingerprint density at radius 1 is 1.25 bits per heavy atom. The highest BCUT2D eigenvalue weighted by Crippen LogP contribution is 2.25. The first-order valence-corrected chi connectivity index (χ1v) is 9.85. The first-order valence-electron chi connectivity index (χ1n) is 9.10. The Bertz CT molecular complexity index is 585. The third-order valence-electron chi connectivity index (χ3n) is 5.48. The van der Waals surface area contributed by atoms with Crippen molar-refractivity contribution in [3.63, 3.8) is 0 Å². The first-order chi connectivity index (χ1) is 11.5. The van der Waals surface area contributed by atoms with Crippen molar-refractivity contribution in [1.82, 2.24) is 4.90 Å². The number of quaternary nitrogens is 1. The molecule has 2 saturated heterocycles. The van der Waals surface area contributed by atoms with Crippen LogP contribution < -0.4 is 4.90 Å². The lowest BCUT2D eigenvalue weighted by Crippen LogP contribution is -3.11. The lowest BCUT2D eigenvalue weighted by atomic mass is 9.92. The third kappa shape index (κ3) is 4.25. The Labute approximate surface area is 154 Å². The number of halogens is 2. The normalized spacial score (nSPS) is 28.0. The van der Waals surface area contributed by atoms with Crippen LogP contribution in [0.25, 0.3) is 0 Å². The number of amides is 1. The van der Waals surface area contributed by atoms with Crippen LogP contribution in [-0.4, -0.2) is 37.0 Å². The molecule has 1 amide bonds. The van der Waals surface area contributed by atoms with Crippen molar-refractivity contribution in [1.29, 1.82) is 0 Å². The smallest absolute Gasteiger partial charge is 0.226 e. The van der Waals surface area contributed by atoms with Gasteiger partial charge >= 0.3 is 0 Å². The molecule has 1 aromatic rings. The summed E-state index contributed by atoms with van der Waals surface area (Å²) in [4.78, 5) is 16.3. The molecule has 0 radical (unpaired) electrons. The summed E-state index contributed by atoms with van der Waals surface area (Å²) in [7, 11) is 0. The molecular weight excluding hydrogens is 343 g/mol. The molecule has 1 aromatic carbocycles. The van der Waals surface area contributed by atoms with Gasteiger partial charge < -0.3 is 9.80 Å². The third-order valence-corrected chi connectivity index (χ3v) is 6.34. The molecule has 132 valence electrons. The van der Waals surface area contributed by atoms with E-state index in [1.807, 2.05) is 18.2 Å². The van der Waals surface area contributed by atoms with E-state index in [-0.39, 0.29) is 5.92 Å². The summed E-state index contributed by atoms with van der Waals surface area (Å²) in [5.74, 6) is 1.26. The number of rotatable bonds is 3. The molecule has 24 heavy (non-hydrogen) atoms. The molecule has 0 saturated carbocycles. The monoisotopic (exact) mass is 369 g/mol. The van der Waals surface area contributed by atoms with E-state index >= 15 is 0 Å². The number of nitrogens with zero attached hydrogens (tertiary/aromatic N) is 1. The van der Waals surface area contributed by atoms with Crippen LogP contribution in [-0.2, 0) is 11.3 Å². The number of nitrogens with one attached hydrogen (secondary N) is 1. The molecule has 0 spiro atoms. The van der Waals surface area contributed by atoms with Crippen LogP contribution in [0.4, 0.5) is 0 Å². The Kier molecular flexibility index (Phi) is 6.07. The van der Waals surface area contributed by atoms with Gasteiger partial charge in [-0.3, -0.25) is 4.79 Å². The molecule has 1 N–H and O–H groups in total. The predicted octanol–water partition coefficient (Wildman–Crippen LogP) is 3.05. The minimum atomic E-state index is 0.217. The highest BCUT2D eigenvalue weighted by atomic mass is 35.5. The van der Waals surface area contributed by atoms with E-state index < -0.39 is 0 Å².